The number of hydrogen-bond donors (Lipinski definition) is 3. The SMILES string of the molecule is CC(=O)O.CC(=O)O.CC(=O)O.CC(=O)OOOC(C)=O.CC(=O)[O-].CC(=O)[O-].CC(=O)[O-].[U+3]. The molecule has 0 bridgehead atoms. The topological polar surface area (TPSA) is 294 Å². The molecule has 0 saturated heterocycles. The summed E-state index contributed by atoms with van der Waals surface area (Å²) in [7, 11) is 0. The molecule has 0 aromatic heterocycles. The molecular weight excluding hydrogens is 702 g/mol. The molecule has 0 aliphatic rings. The maximum atomic E-state index is 9.89. The van der Waals surface area contributed by atoms with E-state index in [2.05, 4.69) is 14.8 Å². The zero-order valence-corrected chi connectivity index (χ0v) is 23.7. The maximum absolute atomic E-state index is 9.89. The molecular formula is C16H27O17U. The quantitative estimate of drug-likeness (QED) is 0.183. The third kappa shape index (κ3) is 2890. The number of carboxylic acid groups (broad SMARTS) is 6. The average molecular weight is 729 g/mol. The molecule has 0 aliphatic carbocycles. The minimum Gasteiger partial charge on any atom is -0.550 e. The van der Waals surface area contributed by atoms with Crippen LogP contribution in [-0.4, -0.2) is 63.1 Å². The molecule has 0 spiro atoms. The minimum atomic E-state index is -1.08. The number of aliphatic carboxylic acids is 6. The predicted molar refractivity (Wildman–Crippen MR) is 96.6 cm³/mol. The van der Waals surface area contributed by atoms with Gasteiger partial charge < -0.3 is 45.0 Å². The van der Waals surface area contributed by atoms with Gasteiger partial charge in [-0.25, -0.2) is 9.59 Å². The number of carbonyl (C=O) groups excluding carboxylic acids is 5. The van der Waals surface area contributed by atoms with Gasteiger partial charge in [0.1, 0.15) is 0 Å². The predicted octanol–water partition coefficient (Wildman–Crippen LogP) is -3.50. The van der Waals surface area contributed by atoms with Gasteiger partial charge in [-0.15, -0.1) is 0 Å². The molecule has 0 aliphatic heterocycles. The first-order chi connectivity index (χ1) is 14.5. The van der Waals surface area contributed by atoms with E-state index < -0.39 is 47.8 Å². The molecule has 17 nitrogen and oxygen atoms in total. The van der Waals surface area contributed by atoms with Crippen molar-refractivity contribution in [3.05, 3.63) is 0 Å². The molecule has 0 amide bonds. The smallest absolute Gasteiger partial charge is 0.550 e. The Hall–Kier alpha value is -3.23. The van der Waals surface area contributed by atoms with Crippen LogP contribution in [0.5, 0.6) is 0 Å². The summed E-state index contributed by atoms with van der Waals surface area (Å²) in [5, 5.41) is 52.6. The van der Waals surface area contributed by atoms with E-state index >= 15 is 0 Å². The summed E-state index contributed by atoms with van der Waals surface area (Å²) in [4.78, 5) is 81.0. The molecule has 0 heterocycles. The maximum Gasteiger partial charge on any atom is 3.00 e. The fourth-order valence-electron chi connectivity index (χ4n) is 0.113. The van der Waals surface area contributed by atoms with Crippen LogP contribution in [0.2, 0.25) is 0 Å². The summed E-state index contributed by atoms with van der Waals surface area (Å²) in [5.41, 5.74) is 0. The molecule has 34 heavy (non-hydrogen) atoms. The van der Waals surface area contributed by atoms with E-state index in [4.69, 9.17) is 59.4 Å². The zero-order valence-electron chi connectivity index (χ0n) is 19.6. The third-order valence-corrected chi connectivity index (χ3v) is 0.303. The summed E-state index contributed by atoms with van der Waals surface area (Å²) in [6.45, 7) is 8.40. The molecule has 0 aromatic carbocycles. The number of carboxylic acids is 6. The van der Waals surface area contributed by atoms with Crippen molar-refractivity contribution >= 4 is 47.8 Å². The van der Waals surface area contributed by atoms with Crippen LogP contribution in [-0.2, 0) is 53.2 Å². The van der Waals surface area contributed by atoms with Crippen LogP contribution in [0.3, 0.4) is 0 Å². The molecule has 0 rings (SSSR count). The number of rotatable bonds is 2. The fraction of sp³-hybridized carbons (Fsp3) is 0.500. The van der Waals surface area contributed by atoms with E-state index in [0.717, 1.165) is 55.4 Å². The molecule has 197 valence electrons. The Morgan fingerprint density at radius 2 is 0.559 bits per heavy atom. The van der Waals surface area contributed by atoms with Crippen LogP contribution in [0.25, 0.3) is 0 Å². The van der Waals surface area contributed by atoms with Gasteiger partial charge in [-0.2, -0.15) is 0 Å². The van der Waals surface area contributed by atoms with E-state index in [0.29, 0.717) is 0 Å². The summed E-state index contributed by atoms with van der Waals surface area (Å²) >= 11 is 0. The Balaban J connectivity index is -0.0000000399. The molecule has 0 fully saturated rings. The van der Waals surface area contributed by atoms with Crippen molar-refractivity contribution in [2.45, 2.75) is 55.4 Å². The summed E-state index contributed by atoms with van der Waals surface area (Å²) in [6, 6.07) is 0. The molecule has 3 N–H and O–H groups in total. The van der Waals surface area contributed by atoms with Crippen LogP contribution in [0.4, 0.5) is 0 Å². The first-order valence-electron chi connectivity index (χ1n) is 7.66. The first-order valence-corrected chi connectivity index (χ1v) is 7.66. The Morgan fingerprint density at radius 1 is 0.471 bits per heavy atom. The van der Waals surface area contributed by atoms with Crippen molar-refractivity contribution in [1.82, 2.24) is 0 Å². The first kappa shape index (κ1) is 52.6. The molecule has 18 heteroatoms. The molecule has 0 saturated carbocycles. The normalized spacial score (nSPS) is 6.59. The van der Waals surface area contributed by atoms with Crippen LogP contribution in [0, 0.1) is 31.1 Å². The van der Waals surface area contributed by atoms with Crippen molar-refractivity contribution in [1.29, 1.82) is 0 Å². The van der Waals surface area contributed by atoms with Crippen molar-refractivity contribution in [3.63, 3.8) is 0 Å². The second-order valence-electron chi connectivity index (χ2n) is 4.25. The number of carbonyl (C=O) groups is 8. The molecule has 1 radical (unpaired) electrons. The van der Waals surface area contributed by atoms with Gasteiger partial charge in [0.25, 0.3) is 17.9 Å². The van der Waals surface area contributed by atoms with Crippen LogP contribution < -0.4 is 15.3 Å². The summed E-state index contributed by atoms with van der Waals surface area (Å²) < 4.78 is 0. The van der Waals surface area contributed by atoms with Crippen molar-refractivity contribution < 1.29 is 115 Å². The monoisotopic (exact) mass is 729 g/mol. The largest absolute Gasteiger partial charge is 3.00 e. The number of hydrogen-bond acceptors (Lipinski definition) is 14. The zero-order chi connectivity index (χ0) is 28.7. The third-order valence-electron chi connectivity index (χ3n) is 0.303. The second kappa shape index (κ2) is 43.6. The Morgan fingerprint density at radius 3 is 0.618 bits per heavy atom. The van der Waals surface area contributed by atoms with Crippen LogP contribution in [0.1, 0.15) is 55.4 Å². The van der Waals surface area contributed by atoms with Gasteiger partial charge in [0.05, 0.1) is 0 Å². The van der Waals surface area contributed by atoms with Crippen LogP contribution in [0.15, 0.2) is 0 Å². The standard InChI is InChI=1S/C4H6O5.6C2H4O2.U/c1-3(5)7-9-8-4(2)6;6*1-2(3)4;/h1-2H3;6*1H3,(H,3,4);/q;;;;;;;+3/p-3. The Labute approximate surface area is 217 Å². The molecule has 0 atom stereocenters. The van der Waals surface area contributed by atoms with E-state index in [1.54, 1.807) is 0 Å². The summed E-state index contributed by atoms with van der Waals surface area (Å²) in [5.74, 6) is -7.12. The fourth-order valence-corrected chi connectivity index (χ4v) is 0.113. The van der Waals surface area contributed by atoms with Gasteiger partial charge in [-0.3, -0.25) is 24.2 Å². The second-order valence-corrected chi connectivity index (χ2v) is 4.25. The summed E-state index contributed by atoms with van der Waals surface area (Å²) in [6.07, 6.45) is 0. The van der Waals surface area contributed by atoms with Gasteiger partial charge in [-0.05, 0) is 20.8 Å². The van der Waals surface area contributed by atoms with E-state index in [1.807, 2.05) is 0 Å². The van der Waals surface area contributed by atoms with Crippen molar-refractivity contribution in [2.24, 2.45) is 0 Å². The van der Waals surface area contributed by atoms with Gasteiger partial charge in [0.15, 0.2) is 0 Å². The average Bonchev–Trinajstić information content (AvgIpc) is 2.42. The van der Waals surface area contributed by atoms with E-state index in [-0.39, 0.29) is 31.1 Å². The van der Waals surface area contributed by atoms with Crippen molar-refractivity contribution in [3.8, 4) is 0 Å². The van der Waals surface area contributed by atoms with Crippen LogP contribution >= 0.6 is 0 Å². The van der Waals surface area contributed by atoms with Gasteiger partial charge in [-0.1, -0.05) is 0 Å². The van der Waals surface area contributed by atoms with Gasteiger partial charge in [0.2, 0.25) is 0 Å². The molecule has 0 aromatic rings. The van der Waals surface area contributed by atoms with Crippen molar-refractivity contribution in [2.75, 3.05) is 0 Å². The molecule has 0 unspecified atom stereocenters. The van der Waals surface area contributed by atoms with E-state index in [1.165, 1.54) is 0 Å². The Bertz CT molecular complexity index is 455. The van der Waals surface area contributed by atoms with Gasteiger partial charge in [0, 0.05) is 57.6 Å². The van der Waals surface area contributed by atoms with Gasteiger partial charge >= 0.3 is 43.1 Å². The van der Waals surface area contributed by atoms with E-state index in [9.17, 15) is 9.59 Å². The Kier molecular flexibility index (Phi) is 67.5. The minimum absolute atomic E-state index is 0.